The Morgan fingerprint density at radius 3 is 2.83 bits per heavy atom. The van der Waals surface area contributed by atoms with Crippen LogP contribution in [0.2, 0.25) is 5.02 Å². The van der Waals surface area contributed by atoms with Crippen LogP contribution in [0.4, 0.5) is 5.69 Å². The van der Waals surface area contributed by atoms with E-state index in [4.69, 9.17) is 11.6 Å². The minimum absolute atomic E-state index is 0.296. The van der Waals surface area contributed by atoms with Gasteiger partial charge in [-0.1, -0.05) is 23.7 Å². The average molecular weight is 339 g/mol. The Morgan fingerprint density at radius 2 is 2.04 bits per heavy atom. The molecule has 1 amide bonds. The van der Waals surface area contributed by atoms with Gasteiger partial charge in [-0.15, -0.1) is 0 Å². The Balaban J connectivity index is 1.65. The van der Waals surface area contributed by atoms with Crippen LogP contribution in [-0.2, 0) is 0 Å². The van der Waals surface area contributed by atoms with Crippen molar-refractivity contribution in [2.45, 2.75) is 0 Å². The van der Waals surface area contributed by atoms with Crippen molar-refractivity contribution in [2.75, 3.05) is 5.32 Å². The maximum Gasteiger partial charge on any atom is 0.275 e. The number of H-pyrrole nitrogens is 1. The molecule has 0 aliphatic heterocycles. The Morgan fingerprint density at radius 1 is 1.17 bits per heavy atom. The average Bonchev–Trinajstić information content (AvgIpc) is 3.25. The number of carbonyl (C=O) groups is 1. The number of aromatic nitrogens is 5. The number of anilines is 1. The number of hydrogen-bond donors (Lipinski definition) is 2. The van der Waals surface area contributed by atoms with E-state index < -0.39 is 0 Å². The molecule has 0 fully saturated rings. The Labute approximate surface area is 141 Å². The van der Waals surface area contributed by atoms with Crippen LogP contribution in [0.25, 0.3) is 17.0 Å². The standard InChI is InChI=1S/C16H11ClN6O/c17-11-3-1-2-4-12(11)21-16(24)13-8-23-7-10(5-6-14(23)20-13)15-18-9-19-22-15/h1-9H,(H,21,24)(H,18,19,22). The number of aromatic amines is 1. The Hall–Kier alpha value is -3.19. The van der Waals surface area contributed by atoms with Crippen molar-refractivity contribution >= 4 is 28.8 Å². The van der Waals surface area contributed by atoms with Crippen LogP contribution in [0.15, 0.2) is 55.1 Å². The summed E-state index contributed by atoms with van der Waals surface area (Å²) in [6.45, 7) is 0. The lowest BCUT2D eigenvalue weighted by molar-refractivity contribution is 0.102. The third-order valence-corrected chi connectivity index (χ3v) is 3.82. The fourth-order valence-corrected chi connectivity index (χ4v) is 2.52. The molecule has 0 radical (unpaired) electrons. The molecule has 2 N–H and O–H groups in total. The highest BCUT2D eigenvalue weighted by atomic mass is 35.5. The second-order valence-corrected chi connectivity index (χ2v) is 5.48. The summed E-state index contributed by atoms with van der Waals surface area (Å²) in [6.07, 6.45) is 4.92. The van der Waals surface area contributed by atoms with Crippen molar-refractivity contribution < 1.29 is 4.79 Å². The van der Waals surface area contributed by atoms with Gasteiger partial charge in [0.05, 0.1) is 10.7 Å². The zero-order chi connectivity index (χ0) is 16.5. The molecule has 4 rings (SSSR count). The number of imidazole rings is 1. The molecule has 0 saturated heterocycles. The summed E-state index contributed by atoms with van der Waals surface area (Å²) in [4.78, 5) is 20.8. The van der Waals surface area contributed by atoms with Crippen LogP contribution >= 0.6 is 11.6 Å². The highest BCUT2D eigenvalue weighted by Crippen LogP contribution is 2.21. The van der Waals surface area contributed by atoms with Gasteiger partial charge in [-0.3, -0.25) is 9.89 Å². The van der Waals surface area contributed by atoms with Gasteiger partial charge in [-0.25, -0.2) is 9.97 Å². The van der Waals surface area contributed by atoms with E-state index in [1.54, 1.807) is 34.9 Å². The van der Waals surface area contributed by atoms with Crippen molar-refractivity contribution in [3.63, 3.8) is 0 Å². The second-order valence-electron chi connectivity index (χ2n) is 5.08. The molecule has 8 heteroatoms. The van der Waals surface area contributed by atoms with E-state index in [0.29, 0.717) is 27.9 Å². The SMILES string of the molecule is O=C(Nc1ccccc1Cl)c1cn2cc(-c3ncn[nH]3)ccc2n1. The largest absolute Gasteiger partial charge is 0.319 e. The van der Waals surface area contributed by atoms with Crippen molar-refractivity contribution in [3.8, 4) is 11.4 Å². The lowest BCUT2D eigenvalue weighted by atomic mass is 10.3. The van der Waals surface area contributed by atoms with Crippen LogP contribution in [0.3, 0.4) is 0 Å². The third kappa shape index (κ3) is 2.61. The van der Waals surface area contributed by atoms with Gasteiger partial charge in [-0.05, 0) is 24.3 Å². The first kappa shape index (κ1) is 14.4. The molecular formula is C16H11ClN6O. The van der Waals surface area contributed by atoms with Gasteiger partial charge in [0.15, 0.2) is 5.82 Å². The molecule has 0 unspecified atom stereocenters. The number of benzene rings is 1. The number of nitrogens with zero attached hydrogens (tertiary/aromatic N) is 4. The first-order valence-corrected chi connectivity index (χ1v) is 7.49. The van der Waals surface area contributed by atoms with Crippen molar-refractivity contribution in [1.29, 1.82) is 0 Å². The predicted molar refractivity (Wildman–Crippen MR) is 90.0 cm³/mol. The molecule has 0 atom stereocenters. The van der Waals surface area contributed by atoms with E-state index in [0.717, 1.165) is 5.56 Å². The van der Waals surface area contributed by atoms with E-state index in [1.807, 2.05) is 18.3 Å². The summed E-state index contributed by atoms with van der Waals surface area (Å²) in [5, 5.41) is 9.86. The minimum atomic E-state index is -0.326. The van der Waals surface area contributed by atoms with E-state index in [9.17, 15) is 4.79 Å². The van der Waals surface area contributed by atoms with Gasteiger partial charge in [0.2, 0.25) is 0 Å². The fraction of sp³-hybridized carbons (Fsp3) is 0. The molecule has 0 saturated carbocycles. The fourth-order valence-electron chi connectivity index (χ4n) is 2.33. The van der Waals surface area contributed by atoms with Gasteiger partial charge in [0.25, 0.3) is 5.91 Å². The summed E-state index contributed by atoms with van der Waals surface area (Å²) in [7, 11) is 0. The number of pyridine rings is 1. The van der Waals surface area contributed by atoms with E-state index in [-0.39, 0.29) is 5.91 Å². The molecule has 0 spiro atoms. The van der Waals surface area contributed by atoms with Crippen LogP contribution in [0.5, 0.6) is 0 Å². The number of halogens is 1. The van der Waals surface area contributed by atoms with Gasteiger partial charge in [0.1, 0.15) is 17.7 Å². The van der Waals surface area contributed by atoms with Crippen LogP contribution in [0, 0.1) is 0 Å². The number of amides is 1. The maximum atomic E-state index is 12.4. The topological polar surface area (TPSA) is 88.0 Å². The van der Waals surface area contributed by atoms with Gasteiger partial charge < -0.3 is 9.72 Å². The molecule has 0 bridgehead atoms. The second kappa shape index (κ2) is 5.78. The molecular weight excluding hydrogens is 328 g/mol. The highest BCUT2D eigenvalue weighted by molar-refractivity contribution is 6.33. The number of para-hydroxylation sites is 1. The lowest BCUT2D eigenvalue weighted by Crippen LogP contribution is -2.12. The molecule has 0 aliphatic rings. The summed E-state index contributed by atoms with van der Waals surface area (Å²) in [5.41, 5.74) is 2.34. The Kier molecular flexibility index (Phi) is 3.47. The molecule has 24 heavy (non-hydrogen) atoms. The zero-order valence-electron chi connectivity index (χ0n) is 12.3. The smallest absolute Gasteiger partial charge is 0.275 e. The number of carbonyl (C=O) groups excluding carboxylic acids is 1. The minimum Gasteiger partial charge on any atom is -0.319 e. The molecule has 4 aromatic rings. The zero-order valence-corrected chi connectivity index (χ0v) is 13.0. The van der Waals surface area contributed by atoms with Crippen LogP contribution in [0.1, 0.15) is 10.5 Å². The molecule has 3 aromatic heterocycles. The number of hydrogen-bond acceptors (Lipinski definition) is 4. The number of rotatable bonds is 3. The Bertz CT molecular complexity index is 1020. The third-order valence-electron chi connectivity index (χ3n) is 3.49. The van der Waals surface area contributed by atoms with Gasteiger partial charge in [0, 0.05) is 18.0 Å². The molecule has 3 heterocycles. The van der Waals surface area contributed by atoms with E-state index >= 15 is 0 Å². The molecule has 7 nitrogen and oxygen atoms in total. The van der Waals surface area contributed by atoms with Crippen LogP contribution < -0.4 is 5.32 Å². The monoisotopic (exact) mass is 338 g/mol. The van der Waals surface area contributed by atoms with Gasteiger partial charge in [-0.2, -0.15) is 5.10 Å². The lowest BCUT2D eigenvalue weighted by Gasteiger charge is -2.04. The van der Waals surface area contributed by atoms with E-state index in [2.05, 4.69) is 25.5 Å². The van der Waals surface area contributed by atoms with E-state index in [1.165, 1.54) is 6.33 Å². The first-order chi connectivity index (χ1) is 11.7. The normalized spacial score (nSPS) is 10.9. The van der Waals surface area contributed by atoms with Crippen molar-refractivity contribution in [2.24, 2.45) is 0 Å². The summed E-state index contributed by atoms with van der Waals surface area (Å²) >= 11 is 6.06. The van der Waals surface area contributed by atoms with Crippen molar-refractivity contribution in [3.05, 3.63) is 65.8 Å². The molecule has 1 aromatic carbocycles. The summed E-state index contributed by atoms with van der Waals surface area (Å²) in [6, 6.07) is 10.7. The quantitative estimate of drug-likeness (QED) is 0.601. The summed E-state index contributed by atoms with van der Waals surface area (Å²) in [5.74, 6) is 0.320. The predicted octanol–water partition coefficient (Wildman–Crippen LogP) is 3.03. The van der Waals surface area contributed by atoms with Crippen molar-refractivity contribution in [1.82, 2.24) is 24.6 Å². The molecule has 0 aliphatic carbocycles. The first-order valence-electron chi connectivity index (χ1n) is 7.11. The highest BCUT2D eigenvalue weighted by Gasteiger charge is 2.13. The maximum absolute atomic E-state index is 12.4. The van der Waals surface area contributed by atoms with Crippen LogP contribution in [-0.4, -0.2) is 30.5 Å². The number of fused-ring (bicyclic) bond motifs is 1. The summed E-state index contributed by atoms with van der Waals surface area (Å²) < 4.78 is 1.76. The molecule has 118 valence electrons. The number of nitrogens with one attached hydrogen (secondary N) is 2. The van der Waals surface area contributed by atoms with Gasteiger partial charge >= 0.3 is 0 Å².